The zero-order chi connectivity index (χ0) is 17.7. The van der Waals surface area contributed by atoms with Crippen molar-refractivity contribution in [3.8, 4) is 0 Å². The molecule has 0 aromatic carbocycles. The zero-order valence-electron chi connectivity index (χ0n) is 15.8. The maximum absolute atomic E-state index is 12.5. The Morgan fingerprint density at radius 3 is 2.62 bits per heavy atom. The number of thioether (sulfide) groups is 1. The molecule has 2 aliphatic heterocycles. The Kier molecular flexibility index (Phi) is 7.02. The van der Waals surface area contributed by atoms with E-state index in [0.29, 0.717) is 29.2 Å². The van der Waals surface area contributed by atoms with Crippen LogP contribution in [0.25, 0.3) is 0 Å². The van der Waals surface area contributed by atoms with Crippen LogP contribution in [0.5, 0.6) is 0 Å². The first-order valence-corrected chi connectivity index (χ1v) is 10.5. The number of hydrogen-bond acceptors (Lipinski definition) is 3. The minimum atomic E-state index is 0.140. The van der Waals surface area contributed by atoms with Crippen molar-refractivity contribution < 1.29 is 9.59 Å². The Hall–Kier alpha value is -0.710. The summed E-state index contributed by atoms with van der Waals surface area (Å²) in [6.07, 6.45) is 4.89. The summed E-state index contributed by atoms with van der Waals surface area (Å²) in [6.45, 7) is 12.1. The largest absolute Gasteiger partial charge is 0.342 e. The van der Waals surface area contributed by atoms with E-state index < -0.39 is 0 Å². The molecule has 0 N–H and O–H groups in total. The molecular weight excluding hydrogens is 320 g/mol. The lowest BCUT2D eigenvalue weighted by molar-refractivity contribution is -0.142. The molecule has 0 aromatic heterocycles. The number of piperidine rings is 2. The first-order chi connectivity index (χ1) is 11.3. The Labute approximate surface area is 151 Å². The van der Waals surface area contributed by atoms with Crippen LogP contribution in [-0.2, 0) is 9.59 Å². The monoisotopic (exact) mass is 354 g/mol. The maximum atomic E-state index is 12.5. The van der Waals surface area contributed by atoms with Crippen LogP contribution in [0.3, 0.4) is 0 Å². The van der Waals surface area contributed by atoms with Crippen molar-refractivity contribution in [1.82, 2.24) is 9.80 Å². The SMILES string of the molecule is CC(C)CCN1C[C@@]2(CCCN(C(=O)CSC(C)C)C2)CCC1=O. The Bertz CT molecular complexity index is 453. The summed E-state index contributed by atoms with van der Waals surface area (Å²) in [5.41, 5.74) is 0.140. The van der Waals surface area contributed by atoms with E-state index >= 15 is 0 Å². The van der Waals surface area contributed by atoms with Gasteiger partial charge in [-0.15, -0.1) is 11.8 Å². The van der Waals surface area contributed by atoms with Gasteiger partial charge in [0.2, 0.25) is 11.8 Å². The van der Waals surface area contributed by atoms with E-state index in [1.165, 1.54) is 0 Å². The number of rotatable bonds is 6. The predicted molar refractivity (Wildman–Crippen MR) is 101 cm³/mol. The van der Waals surface area contributed by atoms with E-state index in [1.54, 1.807) is 11.8 Å². The van der Waals surface area contributed by atoms with Gasteiger partial charge in [0, 0.05) is 38.0 Å². The molecule has 4 nitrogen and oxygen atoms in total. The average molecular weight is 355 g/mol. The van der Waals surface area contributed by atoms with Crippen molar-refractivity contribution in [2.45, 2.75) is 65.0 Å². The lowest BCUT2D eigenvalue weighted by atomic mass is 9.73. The quantitative estimate of drug-likeness (QED) is 0.734. The fourth-order valence-electron chi connectivity index (χ4n) is 3.80. The smallest absolute Gasteiger partial charge is 0.232 e. The number of likely N-dealkylation sites (tertiary alicyclic amines) is 2. The molecule has 138 valence electrons. The van der Waals surface area contributed by atoms with Crippen LogP contribution in [0.4, 0.5) is 0 Å². The maximum Gasteiger partial charge on any atom is 0.232 e. The summed E-state index contributed by atoms with van der Waals surface area (Å²) >= 11 is 1.72. The van der Waals surface area contributed by atoms with Crippen molar-refractivity contribution in [3.63, 3.8) is 0 Å². The van der Waals surface area contributed by atoms with Gasteiger partial charge in [-0.05, 0) is 36.9 Å². The van der Waals surface area contributed by atoms with Crippen molar-refractivity contribution >= 4 is 23.6 Å². The normalized spacial score (nSPS) is 25.2. The van der Waals surface area contributed by atoms with Crippen LogP contribution < -0.4 is 0 Å². The third kappa shape index (κ3) is 5.40. The summed E-state index contributed by atoms with van der Waals surface area (Å²) in [4.78, 5) is 28.9. The number of amides is 2. The second-order valence-electron chi connectivity index (χ2n) is 8.28. The van der Waals surface area contributed by atoms with E-state index in [0.717, 1.165) is 51.9 Å². The second kappa shape index (κ2) is 8.59. The molecule has 0 aromatic rings. The molecule has 0 radical (unpaired) electrons. The van der Waals surface area contributed by atoms with Crippen molar-refractivity contribution in [3.05, 3.63) is 0 Å². The van der Waals surface area contributed by atoms with Gasteiger partial charge in [-0.2, -0.15) is 0 Å². The van der Waals surface area contributed by atoms with E-state index in [2.05, 4.69) is 37.5 Å². The van der Waals surface area contributed by atoms with Crippen LogP contribution in [0.2, 0.25) is 0 Å². The minimum absolute atomic E-state index is 0.140. The third-order valence-electron chi connectivity index (χ3n) is 5.28. The number of hydrogen-bond donors (Lipinski definition) is 0. The van der Waals surface area contributed by atoms with Gasteiger partial charge in [0.05, 0.1) is 5.75 Å². The lowest BCUT2D eigenvalue weighted by Gasteiger charge is -2.48. The highest BCUT2D eigenvalue weighted by molar-refractivity contribution is 8.00. The molecule has 0 saturated carbocycles. The fraction of sp³-hybridized carbons (Fsp3) is 0.895. The Morgan fingerprint density at radius 2 is 1.96 bits per heavy atom. The molecule has 2 fully saturated rings. The third-order valence-corrected chi connectivity index (χ3v) is 6.36. The van der Waals surface area contributed by atoms with Crippen molar-refractivity contribution in [2.75, 3.05) is 31.9 Å². The zero-order valence-corrected chi connectivity index (χ0v) is 16.7. The van der Waals surface area contributed by atoms with Crippen LogP contribution >= 0.6 is 11.8 Å². The summed E-state index contributed by atoms with van der Waals surface area (Å²) in [6, 6.07) is 0. The van der Waals surface area contributed by atoms with E-state index in [4.69, 9.17) is 0 Å². The fourth-order valence-corrected chi connectivity index (χ4v) is 4.46. The van der Waals surface area contributed by atoms with E-state index in [-0.39, 0.29) is 11.3 Å². The highest BCUT2D eigenvalue weighted by atomic mass is 32.2. The predicted octanol–water partition coefficient (Wildman–Crippen LogP) is 3.41. The highest BCUT2D eigenvalue weighted by Crippen LogP contribution is 2.39. The number of carbonyl (C=O) groups is 2. The molecule has 1 spiro atoms. The van der Waals surface area contributed by atoms with E-state index in [1.807, 2.05) is 0 Å². The van der Waals surface area contributed by atoms with Gasteiger partial charge in [-0.3, -0.25) is 9.59 Å². The first-order valence-electron chi connectivity index (χ1n) is 9.48. The molecule has 5 heteroatoms. The molecule has 2 saturated heterocycles. The van der Waals surface area contributed by atoms with Gasteiger partial charge < -0.3 is 9.80 Å². The molecule has 0 aliphatic carbocycles. The average Bonchev–Trinajstić information content (AvgIpc) is 2.53. The van der Waals surface area contributed by atoms with Gasteiger partial charge in [0.15, 0.2) is 0 Å². The Balaban J connectivity index is 1.95. The molecular formula is C19H34N2O2S. The van der Waals surface area contributed by atoms with Crippen molar-refractivity contribution in [2.24, 2.45) is 11.3 Å². The molecule has 24 heavy (non-hydrogen) atoms. The number of carbonyl (C=O) groups excluding carboxylic acids is 2. The van der Waals surface area contributed by atoms with Gasteiger partial charge in [-0.25, -0.2) is 0 Å². The topological polar surface area (TPSA) is 40.6 Å². The Morgan fingerprint density at radius 1 is 1.21 bits per heavy atom. The summed E-state index contributed by atoms with van der Waals surface area (Å²) in [5.74, 6) is 1.79. The molecule has 0 bridgehead atoms. The molecule has 2 rings (SSSR count). The standard InChI is InChI=1S/C19H34N2O2S/c1-15(2)7-11-21-14-19(9-6-17(21)22)8-5-10-20(13-19)18(23)12-24-16(3)4/h15-16H,5-14H2,1-4H3/t19-/m0/s1. The van der Waals surface area contributed by atoms with Gasteiger partial charge in [0.1, 0.15) is 0 Å². The molecule has 2 heterocycles. The summed E-state index contributed by atoms with van der Waals surface area (Å²) < 4.78 is 0. The molecule has 0 unspecified atom stereocenters. The molecule has 1 atom stereocenters. The summed E-state index contributed by atoms with van der Waals surface area (Å²) in [7, 11) is 0. The second-order valence-corrected chi connectivity index (χ2v) is 9.84. The van der Waals surface area contributed by atoms with Crippen LogP contribution in [0.1, 0.15) is 59.8 Å². The van der Waals surface area contributed by atoms with Crippen LogP contribution in [-0.4, -0.2) is 58.8 Å². The lowest BCUT2D eigenvalue weighted by Crippen LogP contribution is -2.55. The van der Waals surface area contributed by atoms with Gasteiger partial charge in [-0.1, -0.05) is 27.7 Å². The van der Waals surface area contributed by atoms with Crippen LogP contribution in [0, 0.1) is 11.3 Å². The summed E-state index contributed by atoms with van der Waals surface area (Å²) in [5, 5.41) is 0.492. The minimum Gasteiger partial charge on any atom is -0.342 e. The first kappa shape index (κ1) is 19.6. The van der Waals surface area contributed by atoms with Crippen molar-refractivity contribution in [1.29, 1.82) is 0 Å². The highest BCUT2D eigenvalue weighted by Gasteiger charge is 2.42. The molecule has 2 aliphatic rings. The molecule has 2 amide bonds. The van der Waals surface area contributed by atoms with Crippen LogP contribution in [0.15, 0.2) is 0 Å². The van der Waals surface area contributed by atoms with Gasteiger partial charge >= 0.3 is 0 Å². The number of nitrogens with zero attached hydrogens (tertiary/aromatic N) is 2. The van der Waals surface area contributed by atoms with Gasteiger partial charge in [0.25, 0.3) is 0 Å². The van der Waals surface area contributed by atoms with E-state index in [9.17, 15) is 9.59 Å².